The van der Waals surface area contributed by atoms with Gasteiger partial charge in [-0.2, -0.15) is 4.31 Å². The fraction of sp³-hybridized carbons (Fsp3) is 0.440. The van der Waals surface area contributed by atoms with Crippen LogP contribution < -0.4 is 5.69 Å². The van der Waals surface area contributed by atoms with E-state index in [1.54, 1.807) is 16.7 Å². The highest BCUT2D eigenvalue weighted by Gasteiger charge is 2.32. The molecule has 8 nitrogen and oxygen atoms in total. The van der Waals surface area contributed by atoms with Gasteiger partial charge in [-0.25, -0.2) is 13.2 Å². The van der Waals surface area contributed by atoms with Crippen molar-refractivity contribution < 1.29 is 17.9 Å². The van der Waals surface area contributed by atoms with Crippen LogP contribution in [0.4, 0.5) is 0 Å². The van der Waals surface area contributed by atoms with Gasteiger partial charge in [0.05, 0.1) is 28.5 Å². The number of aryl methyl sites for hydroxylation is 1. The second-order valence-corrected chi connectivity index (χ2v) is 11.0. The number of nitrogens with one attached hydrogen (secondary N) is 1. The van der Waals surface area contributed by atoms with E-state index in [0.29, 0.717) is 44.8 Å². The number of fused-ring (bicyclic) bond motifs is 1. The highest BCUT2D eigenvalue weighted by atomic mass is 32.2. The Bertz CT molecular complexity index is 1300. The van der Waals surface area contributed by atoms with E-state index in [0.717, 1.165) is 16.6 Å². The molecule has 0 radical (unpaired) electrons. The molecule has 182 valence electrons. The molecule has 34 heavy (non-hydrogen) atoms. The Morgan fingerprint density at radius 3 is 2.44 bits per heavy atom. The van der Waals surface area contributed by atoms with Gasteiger partial charge in [0.25, 0.3) is 0 Å². The SMILES string of the molecule is CC(C)c1ccc(S(=O)(=O)N2CCC(C(=O)OCCCn3c(=O)[nH]c4ccccc43)CC2)cc1. The van der Waals surface area contributed by atoms with Crippen molar-refractivity contribution in [3.05, 3.63) is 64.6 Å². The van der Waals surface area contributed by atoms with E-state index in [4.69, 9.17) is 4.74 Å². The van der Waals surface area contributed by atoms with Crippen LogP contribution in [0.25, 0.3) is 11.0 Å². The van der Waals surface area contributed by atoms with E-state index >= 15 is 0 Å². The summed E-state index contributed by atoms with van der Waals surface area (Å²) in [5.41, 5.74) is 2.52. The van der Waals surface area contributed by atoms with Crippen molar-refractivity contribution in [2.24, 2.45) is 5.92 Å². The van der Waals surface area contributed by atoms with Crippen LogP contribution in [0, 0.1) is 5.92 Å². The van der Waals surface area contributed by atoms with Crippen molar-refractivity contribution in [2.75, 3.05) is 19.7 Å². The number of aromatic amines is 1. The zero-order chi connectivity index (χ0) is 24.3. The predicted molar refractivity (Wildman–Crippen MR) is 130 cm³/mol. The molecular weight excluding hydrogens is 454 g/mol. The number of para-hydroxylation sites is 2. The van der Waals surface area contributed by atoms with Crippen LogP contribution in [-0.4, -0.2) is 47.9 Å². The van der Waals surface area contributed by atoms with Crippen LogP contribution >= 0.6 is 0 Å². The Labute approximate surface area is 199 Å². The third-order valence-corrected chi connectivity index (χ3v) is 8.34. The Morgan fingerprint density at radius 1 is 1.09 bits per heavy atom. The summed E-state index contributed by atoms with van der Waals surface area (Å²) in [4.78, 5) is 27.7. The summed E-state index contributed by atoms with van der Waals surface area (Å²) in [5, 5.41) is 0. The van der Waals surface area contributed by atoms with Crippen molar-refractivity contribution in [1.82, 2.24) is 13.9 Å². The predicted octanol–water partition coefficient (Wildman–Crippen LogP) is 3.49. The lowest BCUT2D eigenvalue weighted by Crippen LogP contribution is -2.40. The van der Waals surface area contributed by atoms with E-state index in [1.807, 2.05) is 36.4 Å². The third kappa shape index (κ3) is 5.10. The van der Waals surface area contributed by atoms with Gasteiger partial charge in [0.15, 0.2) is 0 Å². The average Bonchev–Trinajstić information content (AvgIpc) is 3.16. The van der Waals surface area contributed by atoms with Gasteiger partial charge in [0, 0.05) is 19.6 Å². The van der Waals surface area contributed by atoms with Crippen LogP contribution in [0.1, 0.15) is 44.6 Å². The molecule has 3 aromatic rings. The summed E-state index contributed by atoms with van der Waals surface area (Å²) < 4.78 is 34.5. The zero-order valence-corrected chi connectivity index (χ0v) is 20.4. The van der Waals surface area contributed by atoms with Crippen molar-refractivity contribution in [3.63, 3.8) is 0 Å². The first-order valence-corrected chi connectivity index (χ1v) is 13.2. The van der Waals surface area contributed by atoms with Gasteiger partial charge < -0.3 is 9.72 Å². The fourth-order valence-corrected chi connectivity index (χ4v) is 5.82. The molecule has 1 fully saturated rings. The minimum Gasteiger partial charge on any atom is -0.465 e. The molecule has 1 aliphatic rings. The molecule has 0 amide bonds. The standard InChI is InChI=1S/C25H31N3O5S/c1-18(2)19-8-10-21(11-9-19)34(31,32)27-15-12-20(13-16-27)24(29)33-17-5-14-28-23-7-4-3-6-22(23)26-25(28)30/h3-4,6-11,18,20H,5,12-17H2,1-2H3,(H,26,30). The van der Waals surface area contributed by atoms with E-state index < -0.39 is 10.0 Å². The molecule has 1 saturated heterocycles. The quantitative estimate of drug-likeness (QED) is 0.389. The van der Waals surface area contributed by atoms with Crippen molar-refractivity contribution in [1.29, 1.82) is 0 Å². The number of nitrogens with zero attached hydrogens (tertiary/aromatic N) is 2. The average molecular weight is 486 g/mol. The topological polar surface area (TPSA) is 101 Å². The lowest BCUT2D eigenvalue weighted by molar-refractivity contribution is -0.150. The number of hydrogen-bond acceptors (Lipinski definition) is 5. The molecule has 1 N–H and O–H groups in total. The Kier molecular flexibility index (Phi) is 7.23. The maximum absolute atomic E-state index is 13.0. The van der Waals surface area contributed by atoms with Crippen molar-refractivity contribution in [3.8, 4) is 0 Å². The number of carbonyl (C=O) groups is 1. The van der Waals surface area contributed by atoms with E-state index in [1.165, 1.54) is 4.31 Å². The minimum atomic E-state index is -3.58. The Hall–Kier alpha value is -2.91. The first-order valence-electron chi connectivity index (χ1n) is 11.7. The van der Waals surface area contributed by atoms with E-state index in [-0.39, 0.29) is 29.1 Å². The first-order chi connectivity index (χ1) is 16.3. The normalized spacial score (nSPS) is 15.7. The van der Waals surface area contributed by atoms with Gasteiger partial charge in [0.1, 0.15) is 0 Å². The molecule has 0 saturated carbocycles. The number of aromatic nitrogens is 2. The summed E-state index contributed by atoms with van der Waals surface area (Å²) in [5.74, 6) is -0.281. The highest BCUT2D eigenvalue weighted by molar-refractivity contribution is 7.89. The number of benzene rings is 2. The van der Waals surface area contributed by atoms with Crippen LogP contribution in [0.5, 0.6) is 0 Å². The van der Waals surface area contributed by atoms with Gasteiger partial charge >= 0.3 is 11.7 Å². The zero-order valence-electron chi connectivity index (χ0n) is 19.6. The molecule has 0 aliphatic carbocycles. The van der Waals surface area contributed by atoms with Gasteiger partial charge in [-0.15, -0.1) is 0 Å². The van der Waals surface area contributed by atoms with Crippen molar-refractivity contribution >= 4 is 27.0 Å². The lowest BCUT2D eigenvalue weighted by Gasteiger charge is -2.30. The number of esters is 1. The number of sulfonamides is 1. The summed E-state index contributed by atoms with van der Waals surface area (Å²) in [6.07, 6.45) is 1.39. The van der Waals surface area contributed by atoms with E-state index in [2.05, 4.69) is 18.8 Å². The molecule has 0 bridgehead atoms. The summed E-state index contributed by atoms with van der Waals surface area (Å²) in [6.45, 7) is 5.37. The van der Waals surface area contributed by atoms with Gasteiger partial charge in [-0.05, 0) is 55.0 Å². The molecule has 4 rings (SSSR count). The number of carbonyl (C=O) groups excluding carboxylic acids is 1. The molecule has 1 aliphatic heterocycles. The smallest absolute Gasteiger partial charge is 0.326 e. The van der Waals surface area contributed by atoms with Crippen LogP contribution in [0.3, 0.4) is 0 Å². The molecule has 2 heterocycles. The Balaban J connectivity index is 1.25. The van der Waals surface area contributed by atoms with Gasteiger partial charge in [-0.1, -0.05) is 38.1 Å². The highest BCUT2D eigenvalue weighted by Crippen LogP contribution is 2.26. The van der Waals surface area contributed by atoms with Gasteiger partial charge in [0.2, 0.25) is 10.0 Å². The Morgan fingerprint density at radius 2 is 1.76 bits per heavy atom. The largest absolute Gasteiger partial charge is 0.465 e. The lowest BCUT2D eigenvalue weighted by atomic mass is 9.98. The van der Waals surface area contributed by atoms with Crippen molar-refractivity contribution in [2.45, 2.75) is 50.5 Å². The number of imidazole rings is 1. The van der Waals surface area contributed by atoms with Crippen LogP contribution in [-0.2, 0) is 26.1 Å². The maximum Gasteiger partial charge on any atom is 0.326 e. The number of H-pyrrole nitrogens is 1. The number of hydrogen-bond donors (Lipinski definition) is 1. The molecule has 2 aromatic carbocycles. The summed E-state index contributed by atoms with van der Waals surface area (Å²) >= 11 is 0. The molecule has 9 heteroatoms. The second kappa shape index (κ2) is 10.1. The molecule has 1 aromatic heterocycles. The monoisotopic (exact) mass is 485 g/mol. The van der Waals surface area contributed by atoms with Gasteiger partial charge in [-0.3, -0.25) is 9.36 Å². The number of ether oxygens (including phenoxy) is 1. The fourth-order valence-electron chi connectivity index (χ4n) is 4.35. The maximum atomic E-state index is 13.0. The molecular formula is C25H31N3O5S. The molecule has 0 unspecified atom stereocenters. The summed E-state index contributed by atoms with van der Waals surface area (Å²) in [6, 6.07) is 14.5. The first kappa shape index (κ1) is 24.2. The van der Waals surface area contributed by atoms with Crippen LogP contribution in [0.15, 0.2) is 58.2 Å². The molecule has 0 atom stereocenters. The third-order valence-electron chi connectivity index (χ3n) is 6.42. The summed E-state index contributed by atoms with van der Waals surface area (Å²) in [7, 11) is -3.58. The minimum absolute atomic E-state index is 0.181. The second-order valence-electron chi connectivity index (χ2n) is 9.02. The number of piperidine rings is 1. The van der Waals surface area contributed by atoms with Crippen LogP contribution in [0.2, 0.25) is 0 Å². The van der Waals surface area contributed by atoms with E-state index in [9.17, 15) is 18.0 Å². The number of rotatable bonds is 8. The molecule has 0 spiro atoms.